The van der Waals surface area contributed by atoms with Crippen LogP contribution in [0.5, 0.6) is 11.5 Å². The van der Waals surface area contributed by atoms with Crippen molar-refractivity contribution in [3.63, 3.8) is 0 Å². The van der Waals surface area contributed by atoms with E-state index in [0.29, 0.717) is 107 Å². The van der Waals surface area contributed by atoms with E-state index in [9.17, 15) is 19.8 Å². The van der Waals surface area contributed by atoms with Crippen molar-refractivity contribution in [1.82, 2.24) is 4.98 Å². The monoisotopic (exact) mass is 903 g/mol. The molecule has 0 unspecified atom stereocenters. The number of carboxylic acid groups (broad SMARTS) is 2. The van der Waals surface area contributed by atoms with Gasteiger partial charge in [-0.05, 0) is 85.1 Å². The number of benzene rings is 1. The zero-order chi connectivity index (χ0) is 46.6. The average molecular weight is 904 g/mol. The number of aromatic nitrogens is 1. The van der Waals surface area contributed by atoms with Crippen LogP contribution in [-0.2, 0) is 44.4 Å². The Morgan fingerprint density at radius 1 is 0.585 bits per heavy atom. The predicted molar refractivity (Wildman–Crippen MR) is 250 cm³/mol. The van der Waals surface area contributed by atoms with Gasteiger partial charge in [0.2, 0.25) is 0 Å². The highest BCUT2D eigenvalue weighted by Crippen LogP contribution is 2.39. The highest BCUT2D eigenvalue weighted by atomic mass is 16.6. The first-order valence-corrected chi connectivity index (χ1v) is 22.2. The zero-order valence-electron chi connectivity index (χ0n) is 38.6. The number of ether oxygens (including phenoxy) is 8. The number of anilines is 2. The molecule has 0 atom stereocenters. The van der Waals surface area contributed by atoms with Gasteiger partial charge in [-0.2, -0.15) is 0 Å². The van der Waals surface area contributed by atoms with Gasteiger partial charge in [0.25, 0.3) is 0 Å². The summed E-state index contributed by atoms with van der Waals surface area (Å²) in [6.07, 6.45) is 9.53. The summed E-state index contributed by atoms with van der Waals surface area (Å²) in [5.74, 6) is -0.894. The molecule has 0 radical (unpaired) electrons. The molecule has 0 fully saturated rings. The van der Waals surface area contributed by atoms with Crippen molar-refractivity contribution in [3.05, 3.63) is 79.9 Å². The Labute approximate surface area is 380 Å². The minimum Gasteiger partial charge on any atom is -0.487 e. The number of aromatic amines is 1. The fourth-order valence-corrected chi connectivity index (χ4v) is 7.47. The molecule has 65 heavy (non-hydrogen) atoms. The Balaban J connectivity index is 1.58. The lowest BCUT2D eigenvalue weighted by Crippen LogP contribution is -2.16. The van der Waals surface area contributed by atoms with Crippen molar-refractivity contribution in [1.29, 1.82) is 0 Å². The van der Waals surface area contributed by atoms with E-state index < -0.39 is 11.9 Å². The summed E-state index contributed by atoms with van der Waals surface area (Å²) in [7, 11) is 3.25. The third-order valence-electron chi connectivity index (χ3n) is 10.9. The molecule has 1 aromatic heterocycles. The maximum atomic E-state index is 11.9. The van der Waals surface area contributed by atoms with Crippen LogP contribution in [0.2, 0.25) is 0 Å². The van der Waals surface area contributed by atoms with Gasteiger partial charge in [0.15, 0.2) is 11.5 Å². The molecule has 17 nitrogen and oxygen atoms in total. The van der Waals surface area contributed by atoms with Crippen LogP contribution in [0, 0.1) is 6.92 Å². The quantitative estimate of drug-likeness (QED) is 0.0673. The van der Waals surface area contributed by atoms with Crippen LogP contribution in [0.4, 0.5) is 11.4 Å². The third kappa shape index (κ3) is 14.7. The first-order valence-electron chi connectivity index (χ1n) is 22.2. The standard InChI is InChI=1S/C48H65N5O12/c1-7-33-34(8-2)38-26-40-36(10-12-48(56)57)32(4)44(53-40)30-50-42-28-46(65-24-22-63-20-18-61-16-14-59-6)45(64-23-21-62-19-17-60-15-13-58-5)27-41(42)49-29-43-31(3)35(9-11-47(54)55)39(52-43)25-37(33)51-38/h25-30,49-50,52H,7-24H2,1-6H3,(H,54,55)(H,56,57). The molecule has 2 aromatic rings. The number of carboxylic acids is 2. The van der Waals surface area contributed by atoms with Gasteiger partial charge in [-0.3, -0.25) is 9.59 Å². The minimum atomic E-state index is -0.902. The summed E-state index contributed by atoms with van der Waals surface area (Å²) in [5.41, 5.74) is 9.69. The topological polar surface area (TPSA) is 213 Å². The Hall–Kier alpha value is -5.56. The molecule has 0 saturated carbocycles. The number of rotatable bonds is 28. The molecule has 6 bridgehead atoms. The number of allylic oxidation sites excluding steroid dienone is 5. The maximum Gasteiger partial charge on any atom is 0.303 e. The van der Waals surface area contributed by atoms with Gasteiger partial charge in [0.05, 0.1) is 106 Å². The lowest BCUT2D eigenvalue weighted by molar-refractivity contribution is -0.137. The normalized spacial score (nSPS) is 14.6. The third-order valence-corrected chi connectivity index (χ3v) is 10.9. The lowest BCUT2D eigenvalue weighted by Gasteiger charge is -2.18. The van der Waals surface area contributed by atoms with Crippen LogP contribution < -0.4 is 30.8 Å². The summed E-state index contributed by atoms with van der Waals surface area (Å²) < 4.78 is 45.2. The summed E-state index contributed by atoms with van der Waals surface area (Å²) in [4.78, 5) is 37.4. The Morgan fingerprint density at radius 3 is 1.62 bits per heavy atom. The molecular formula is C48H65N5O12. The zero-order valence-corrected chi connectivity index (χ0v) is 38.6. The summed E-state index contributed by atoms with van der Waals surface area (Å²) >= 11 is 0. The Bertz CT molecular complexity index is 2290. The highest BCUT2D eigenvalue weighted by molar-refractivity contribution is 6.24. The number of aliphatic imine (C=N–C) groups is 2. The first kappa shape index (κ1) is 50.4. The molecule has 0 aliphatic carbocycles. The molecular weight excluding hydrogens is 839 g/mol. The van der Waals surface area contributed by atoms with Gasteiger partial charge in [-0.15, -0.1) is 0 Å². The molecule has 3 aliphatic heterocycles. The van der Waals surface area contributed by atoms with Crippen molar-refractivity contribution in [2.75, 3.05) is 104 Å². The van der Waals surface area contributed by atoms with E-state index in [1.165, 1.54) is 0 Å². The number of H-pyrrole nitrogens is 1. The molecule has 17 heteroatoms. The summed E-state index contributed by atoms with van der Waals surface area (Å²) in [6, 6.07) is 3.67. The molecule has 1 aromatic carbocycles. The smallest absolute Gasteiger partial charge is 0.303 e. The molecule has 0 saturated heterocycles. The van der Waals surface area contributed by atoms with E-state index in [1.807, 2.05) is 44.3 Å². The van der Waals surface area contributed by atoms with Crippen molar-refractivity contribution >= 4 is 47.0 Å². The molecule has 5 rings (SSSR count). The number of hydrogen-bond donors (Lipinski definition) is 5. The second-order valence-electron chi connectivity index (χ2n) is 15.2. The second-order valence-corrected chi connectivity index (χ2v) is 15.2. The SMILES string of the molecule is CCC1=C(CC)C2=NC1=CC1=NC(=CNc3cc(OCCOCCOCCOC)c(OCCOCCOCCOC)cc3NC=c3[nH]c(c(CCC(=O)O)c3C)=C2)C(C)=C1CCC(=O)O. The van der Waals surface area contributed by atoms with Crippen LogP contribution in [0.15, 0.2) is 68.1 Å². The van der Waals surface area contributed by atoms with Crippen LogP contribution >= 0.6 is 0 Å². The van der Waals surface area contributed by atoms with Crippen molar-refractivity contribution < 1.29 is 57.7 Å². The van der Waals surface area contributed by atoms with Crippen molar-refractivity contribution in [2.24, 2.45) is 9.98 Å². The van der Waals surface area contributed by atoms with E-state index in [2.05, 4.69) is 29.5 Å². The largest absolute Gasteiger partial charge is 0.487 e. The molecule has 0 spiro atoms. The van der Waals surface area contributed by atoms with Gasteiger partial charge in [0, 0.05) is 56.9 Å². The van der Waals surface area contributed by atoms with E-state index in [-0.39, 0.29) is 32.5 Å². The van der Waals surface area contributed by atoms with Crippen molar-refractivity contribution in [3.8, 4) is 11.5 Å². The number of aliphatic carboxylic acids is 2. The minimum absolute atomic E-state index is 0.0476. The fourth-order valence-electron chi connectivity index (χ4n) is 7.47. The van der Waals surface area contributed by atoms with E-state index in [1.54, 1.807) is 20.4 Å². The van der Waals surface area contributed by atoms with Crippen molar-refractivity contribution in [2.45, 2.75) is 66.2 Å². The number of nitrogens with zero attached hydrogens (tertiary/aromatic N) is 2. The molecule has 0 amide bonds. The predicted octanol–water partition coefficient (Wildman–Crippen LogP) is 5.45. The second kappa shape index (κ2) is 26.4. The number of carbonyl (C=O) groups is 2. The molecule has 4 heterocycles. The van der Waals surface area contributed by atoms with E-state index in [4.69, 9.17) is 47.9 Å². The Kier molecular flexibility index (Phi) is 20.5. The van der Waals surface area contributed by atoms with Gasteiger partial charge in [-0.1, -0.05) is 13.8 Å². The number of nitrogens with one attached hydrogen (secondary N) is 3. The molecule has 3 aliphatic rings. The number of fused-ring (bicyclic) bond motifs is 5. The first-order chi connectivity index (χ1) is 31.6. The van der Waals surface area contributed by atoms with Crippen LogP contribution in [-0.4, -0.2) is 132 Å². The summed E-state index contributed by atoms with van der Waals surface area (Å²) in [5, 5.41) is 27.9. The van der Waals surface area contributed by atoms with Gasteiger partial charge in [-0.25, -0.2) is 9.98 Å². The lowest BCUT2D eigenvalue weighted by atomic mass is 9.96. The maximum absolute atomic E-state index is 11.9. The Morgan fingerprint density at radius 2 is 1.08 bits per heavy atom. The highest BCUT2D eigenvalue weighted by Gasteiger charge is 2.26. The van der Waals surface area contributed by atoms with E-state index >= 15 is 0 Å². The fraction of sp³-hybridized carbons (Fsp3) is 0.500. The van der Waals surface area contributed by atoms with Crippen LogP contribution in [0.1, 0.15) is 64.0 Å². The van der Waals surface area contributed by atoms with Gasteiger partial charge < -0.3 is 63.7 Å². The molecule has 5 N–H and O–H groups in total. The van der Waals surface area contributed by atoms with Crippen LogP contribution in [0.25, 0.3) is 12.3 Å². The van der Waals surface area contributed by atoms with Crippen LogP contribution in [0.3, 0.4) is 0 Å². The van der Waals surface area contributed by atoms with E-state index in [0.717, 1.165) is 68.4 Å². The summed E-state index contributed by atoms with van der Waals surface area (Å²) in [6.45, 7) is 12.7. The van der Waals surface area contributed by atoms with Gasteiger partial charge in [0.1, 0.15) is 13.2 Å². The van der Waals surface area contributed by atoms with Gasteiger partial charge >= 0.3 is 11.9 Å². The number of methoxy groups -OCH3 is 2. The molecule has 354 valence electrons. The average Bonchev–Trinajstić information content (AvgIpc) is 3.89. The number of hydrogen-bond acceptors (Lipinski definition) is 14.